The van der Waals surface area contributed by atoms with Crippen molar-refractivity contribution in [3.8, 4) is 5.75 Å². The van der Waals surface area contributed by atoms with Crippen LogP contribution in [0.4, 0.5) is 4.53 Å². The van der Waals surface area contributed by atoms with Gasteiger partial charge in [0.1, 0.15) is 12.4 Å². The van der Waals surface area contributed by atoms with E-state index in [0.717, 1.165) is 11.1 Å². The molecule has 0 bridgehead atoms. The van der Waals surface area contributed by atoms with E-state index in [2.05, 4.69) is 4.94 Å². The summed E-state index contributed by atoms with van der Waals surface area (Å²) in [6.45, 7) is 3.45. The molecule has 0 amide bonds. The molecule has 1 N–H and O–H groups in total. The van der Waals surface area contributed by atoms with Gasteiger partial charge in [-0.05, 0) is 30.0 Å². The van der Waals surface area contributed by atoms with Crippen molar-refractivity contribution < 1.29 is 14.6 Å². The number of hydrogen-bond donors (Lipinski definition) is 1. The summed E-state index contributed by atoms with van der Waals surface area (Å²) in [5, 5.41) is 9.41. The Morgan fingerprint density at radius 2 is 2.08 bits per heavy atom. The highest BCUT2D eigenvalue weighted by molar-refractivity contribution is 5.42. The summed E-state index contributed by atoms with van der Waals surface area (Å²) in [6, 6.07) is 3.53. The average Bonchev–Trinajstić information content (AvgIpc) is 2.00. The minimum atomic E-state index is -0.200. The van der Waals surface area contributed by atoms with E-state index in [1.807, 2.05) is 13.0 Å². The summed E-state index contributed by atoms with van der Waals surface area (Å²) in [5.41, 5.74) is 2.20. The maximum absolute atomic E-state index is 11.5. The van der Waals surface area contributed by atoms with Crippen molar-refractivity contribution in [3.05, 3.63) is 28.8 Å². The van der Waals surface area contributed by atoms with Crippen molar-refractivity contribution in [2.75, 3.05) is 0 Å². The molecule has 0 atom stereocenters. The summed E-state index contributed by atoms with van der Waals surface area (Å²) in [5.74, 6) is 0.109. The molecule has 0 saturated carbocycles. The monoisotopic (exact) mass is 170 g/mol. The minimum Gasteiger partial charge on any atom is -0.507 e. The highest BCUT2D eigenvalue weighted by atomic mass is 19.3. The van der Waals surface area contributed by atoms with E-state index in [-0.39, 0.29) is 12.4 Å². The predicted molar refractivity (Wildman–Crippen MR) is 43.5 cm³/mol. The van der Waals surface area contributed by atoms with Crippen LogP contribution in [0, 0.1) is 13.8 Å². The Morgan fingerprint density at radius 1 is 1.42 bits per heavy atom. The Kier molecular flexibility index (Phi) is 2.65. The summed E-state index contributed by atoms with van der Waals surface area (Å²) in [6.07, 6.45) is 0. The molecule has 0 spiro atoms. The van der Waals surface area contributed by atoms with Gasteiger partial charge in [0.2, 0.25) is 0 Å². The van der Waals surface area contributed by atoms with Crippen molar-refractivity contribution in [1.82, 2.24) is 0 Å². The van der Waals surface area contributed by atoms with Gasteiger partial charge in [0.05, 0.1) is 0 Å². The molecule has 0 aliphatic carbocycles. The molecule has 0 aliphatic rings. The highest BCUT2D eigenvalue weighted by Crippen LogP contribution is 2.24. The third kappa shape index (κ3) is 1.74. The van der Waals surface area contributed by atoms with Gasteiger partial charge in [0, 0.05) is 5.56 Å². The van der Waals surface area contributed by atoms with E-state index < -0.39 is 0 Å². The van der Waals surface area contributed by atoms with Gasteiger partial charge >= 0.3 is 0 Å². The zero-order valence-electron chi connectivity index (χ0n) is 7.10. The zero-order valence-corrected chi connectivity index (χ0v) is 7.10. The second-order valence-corrected chi connectivity index (χ2v) is 2.84. The number of aryl methyl sites for hydroxylation is 2. The molecule has 2 nitrogen and oxygen atoms in total. The normalized spacial score (nSPS) is 10.2. The first kappa shape index (κ1) is 9.00. The average molecular weight is 170 g/mol. The Labute approximate surface area is 70.5 Å². The van der Waals surface area contributed by atoms with Crippen LogP contribution in [-0.2, 0) is 11.5 Å². The topological polar surface area (TPSA) is 29.5 Å². The van der Waals surface area contributed by atoms with Crippen LogP contribution < -0.4 is 0 Å². The van der Waals surface area contributed by atoms with Crippen molar-refractivity contribution in [2.24, 2.45) is 0 Å². The molecule has 1 aromatic carbocycles. The van der Waals surface area contributed by atoms with Gasteiger partial charge < -0.3 is 5.11 Å². The lowest BCUT2D eigenvalue weighted by Crippen LogP contribution is -1.89. The second-order valence-electron chi connectivity index (χ2n) is 2.84. The number of hydrogen-bond acceptors (Lipinski definition) is 2. The van der Waals surface area contributed by atoms with E-state index in [4.69, 9.17) is 0 Å². The maximum Gasteiger partial charge on any atom is 0.124 e. The van der Waals surface area contributed by atoms with E-state index >= 15 is 0 Å². The summed E-state index contributed by atoms with van der Waals surface area (Å²) in [7, 11) is 0. The van der Waals surface area contributed by atoms with E-state index in [1.54, 1.807) is 13.0 Å². The Hall–Kier alpha value is -1.09. The Morgan fingerprint density at radius 3 is 2.67 bits per heavy atom. The van der Waals surface area contributed by atoms with Crippen LogP contribution in [0.5, 0.6) is 5.75 Å². The van der Waals surface area contributed by atoms with E-state index in [9.17, 15) is 9.63 Å². The standard InChI is InChI=1S/C9H11FO2/c1-6-3-7(2)9(11)8(4-6)5-12-10/h3-4,11H,5H2,1-2H3. The Balaban J connectivity index is 3.09. The van der Waals surface area contributed by atoms with Gasteiger partial charge in [0.15, 0.2) is 0 Å². The molecule has 0 saturated heterocycles. The fourth-order valence-corrected chi connectivity index (χ4v) is 1.22. The summed E-state index contributed by atoms with van der Waals surface area (Å²) >= 11 is 0. The second kappa shape index (κ2) is 3.54. The van der Waals surface area contributed by atoms with Crippen LogP contribution in [0.2, 0.25) is 0 Å². The van der Waals surface area contributed by atoms with Gasteiger partial charge in [-0.1, -0.05) is 11.6 Å². The molecule has 0 fully saturated rings. The van der Waals surface area contributed by atoms with Crippen molar-refractivity contribution in [2.45, 2.75) is 20.5 Å². The SMILES string of the molecule is Cc1cc(C)c(O)c(COF)c1. The molecule has 0 aromatic heterocycles. The quantitative estimate of drug-likeness (QED) is 0.738. The minimum absolute atomic E-state index is 0.109. The van der Waals surface area contributed by atoms with Crippen molar-refractivity contribution in [3.63, 3.8) is 0 Å². The molecule has 0 aliphatic heterocycles. The largest absolute Gasteiger partial charge is 0.507 e. The number of halogens is 1. The lowest BCUT2D eigenvalue weighted by Gasteiger charge is -2.05. The molecule has 1 aromatic rings. The summed E-state index contributed by atoms with van der Waals surface area (Å²) in [4.78, 5) is 3.46. The first-order valence-corrected chi connectivity index (χ1v) is 3.67. The molecule has 0 radical (unpaired) electrons. The molecule has 0 heterocycles. The first-order valence-electron chi connectivity index (χ1n) is 3.67. The van der Waals surface area contributed by atoms with Gasteiger partial charge in [-0.25, -0.2) is 0 Å². The van der Waals surface area contributed by atoms with Crippen molar-refractivity contribution >= 4 is 0 Å². The molecule has 66 valence electrons. The fourth-order valence-electron chi connectivity index (χ4n) is 1.22. The van der Waals surface area contributed by atoms with Crippen LogP contribution in [0.25, 0.3) is 0 Å². The van der Waals surface area contributed by atoms with Crippen molar-refractivity contribution in [1.29, 1.82) is 0 Å². The number of benzene rings is 1. The van der Waals surface area contributed by atoms with Crippen LogP contribution >= 0.6 is 0 Å². The molecular weight excluding hydrogens is 159 g/mol. The molecule has 0 unspecified atom stereocenters. The number of aromatic hydroxyl groups is 1. The summed E-state index contributed by atoms with van der Waals surface area (Å²) < 4.78 is 11.5. The lowest BCUT2D eigenvalue weighted by molar-refractivity contribution is -0.144. The number of phenolic OH excluding ortho intramolecular Hbond substituents is 1. The lowest BCUT2D eigenvalue weighted by atomic mass is 10.1. The van der Waals surface area contributed by atoms with E-state index in [1.165, 1.54) is 0 Å². The van der Waals surface area contributed by atoms with Crippen LogP contribution in [0.1, 0.15) is 16.7 Å². The third-order valence-electron chi connectivity index (χ3n) is 1.73. The first-order chi connectivity index (χ1) is 5.65. The smallest absolute Gasteiger partial charge is 0.124 e. The number of phenols is 1. The molecular formula is C9H11FO2. The van der Waals surface area contributed by atoms with E-state index in [0.29, 0.717) is 5.56 Å². The van der Waals surface area contributed by atoms with Crippen LogP contribution in [0.3, 0.4) is 0 Å². The van der Waals surface area contributed by atoms with Gasteiger partial charge in [-0.2, -0.15) is 4.94 Å². The molecule has 12 heavy (non-hydrogen) atoms. The van der Waals surface area contributed by atoms with Gasteiger partial charge in [-0.3, -0.25) is 0 Å². The molecule has 1 rings (SSSR count). The highest BCUT2D eigenvalue weighted by Gasteiger charge is 2.05. The number of rotatable bonds is 2. The zero-order chi connectivity index (χ0) is 9.14. The Bertz CT molecular complexity index is 284. The van der Waals surface area contributed by atoms with Crippen LogP contribution in [-0.4, -0.2) is 5.11 Å². The fraction of sp³-hybridized carbons (Fsp3) is 0.333. The molecule has 3 heteroatoms. The predicted octanol–water partition coefficient (Wildman–Crippen LogP) is 2.41. The third-order valence-corrected chi connectivity index (χ3v) is 1.73. The maximum atomic E-state index is 11.5. The van der Waals surface area contributed by atoms with Gasteiger partial charge in [0.25, 0.3) is 0 Å². The van der Waals surface area contributed by atoms with Crippen LogP contribution in [0.15, 0.2) is 12.1 Å². The van der Waals surface area contributed by atoms with Gasteiger partial charge in [-0.15, -0.1) is 0 Å².